The number of nitrogens with zero attached hydrogens (tertiary/aromatic N) is 1. The second-order valence-electron chi connectivity index (χ2n) is 3.37. The first kappa shape index (κ1) is 9.98. The molecule has 1 saturated carbocycles. The zero-order valence-electron chi connectivity index (χ0n) is 7.62. The predicted octanol–water partition coefficient (Wildman–Crippen LogP) is -0.589. The summed E-state index contributed by atoms with van der Waals surface area (Å²) in [5.74, 6) is -1.24. The molecule has 0 radical (unpaired) electrons. The lowest BCUT2D eigenvalue weighted by molar-refractivity contribution is -0.145. The van der Waals surface area contributed by atoms with E-state index in [1.165, 1.54) is 4.90 Å². The van der Waals surface area contributed by atoms with Crippen LogP contribution in [0.25, 0.3) is 0 Å². The first-order valence-corrected chi connectivity index (χ1v) is 4.29. The number of hydrogen-bond acceptors (Lipinski definition) is 3. The van der Waals surface area contributed by atoms with Gasteiger partial charge in [0.2, 0.25) is 5.91 Å². The molecule has 0 heterocycles. The molecule has 3 N–H and O–H groups in total. The Morgan fingerprint density at radius 2 is 2.08 bits per heavy atom. The van der Waals surface area contributed by atoms with Gasteiger partial charge in [-0.3, -0.25) is 9.59 Å². The topological polar surface area (TPSA) is 83.6 Å². The molecule has 1 fully saturated rings. The fourth-order valence-electron chi connectivity index (χ4n) is 1.15. The summed E-state index contributed by atoms with van der Waals surface area (Å²) >= 11 is 0. The van der Waals surface area contributed by atoms with Gasteiger partial charge >= 0.3 is 5.97 Å². The summed E-state index contributed by atoms with van der Waals surface area (Å²) in [6.45, 7) is 1.88. The van der Waals surface area contributed by atoms with Crippen LogP contribution >= 0.6 is 0 Å². The van der Waals surface area contributed by atoms with Crippen molar-refractivity contribution in [2.45, 2.75) is 25.3 Å². The minimum atomic E-state index is -1.00. The average molecular weight is 186 g/mol. The second-order valence-corrected chi connectivity index (χ2v) is 3.37. The third kappa shape index (κ3) is 2.18. The zero-order chi connectivity index (χ0) is 10.1. The second kappa shape index (κ2) is 3.33. The first-order valence-electron chi connectivity index (χ1n) is 4.29. The molecule has 74 valence electrons. The van der Waals surface area contributed by atoms with Crippen molar-refractivity contribution in [1.82, 2.24) is 4.90 Å². The molecule has 0 unspecified atom stereocenters. The number of carboxylic acids is 1. The van der Waals surface area contributed by atoms with Crippen molar-refractivity contribution in [3.63, 3.8) is 0 Å². The van der Waals surface area contributed by atoms with E-state index in [0.717, 1.165) is 0 Å². The highest BCUT2D eigenvalue weighted by Crippen LogP contribution is 2.33. The van der Waals surface area contributed by atoms with Crippen LogP contribution in [0.4, 0.5) is 0 Å². The minimum absolute atomic E-state index is 0.239. The Hall–Kier alpha value is -1.10. The fraction of sp³-hybridized carbons (Fsp3) is 0.750. The van der Waals surface area contributed by atoms with Gasteiger partial charge in [0.25, 0.3) is 0 Å². The van der Waals surface area contributed by atoms with E-state index < -0.39 is 11.5 Å². The summed E-state index contributed by atoms with van der Waals surface area (Å²) in [5, 5.41) is 8.52. The van der Waals surface area contributed by atoms with Crippen molar-refractivity contribution in [2.75, 3.05) is 13.1 Å². The van der Waals surface area contributed by atoms with Crippen LogP contribution in [0.5, 0.6) is 0 Å². The maximum absolute atomic E-state index is 11.5. The van der Waals surface area contributed by atoms with Crippen LogP contribution in [-0.4, -0.2) is 40.5 Å². The van der Waals surface area contributed by atoms with Crippen LogP contribution in [0.3, 0.4) is 0 Å². The lowest BCUT2D eigenvalue weighted by Crippen LogP contribution is -2.47. The van der Waals surface area contributed by atoms with E-state index in [1.54, 1.807) is 6.92 Å². The van der Waals surface area contributed by atoms with Crippen LogP contribution in [0, 0.1) is 0 Å². The van der Waals surface area contributed by atoms with Crippen molar-refractivity contribution < 1.29 is 14.7 Å². The lowest BCUT2D eigenvalue weighted by Gasteiger charge is -2.21. The van der Waals surface area contributed by atoms with Gasteiger partial charge in [0, 0.05) is 6.54 Å². The fourth-order valence-corrected chi connectivity index (χ4v) is 1.15. The lowest BCUT2D eigenvalue weighted by atomic mass is 10.2. The Balaban J connectivity index is 2.55. The van der Waals surface area contributed by atoms with Crippen LogP contribution in [-0.2, 0) is 9.59 Å². The Morgan fingerprint density at radius 1 is 1.54 bits per heavy atom. The maximum Gasteiger partial charge on any atom is 0.323 e. The van der Waals surface area contributed by atoms with Gasteiger partial charge in [0.05, 0.1) is 5.54 Å². The van der Waals surface area contributed by atoms with E-state index in [9.17, 15) is 9.59 Å². The molecule has 0 saturated heterocycles. The number of nitrogens with two attached hydrogens (primary N) is 1. The van der Waals surface area contributed by atoms with Crippen molar-refractivity contribution >= 4 is 11.9 Å². The molecule has 1 rings (SSSR count). The van der Waals surface area contributed by atoms with Crippen LogP contribution in [0.1, 0.15) is 19.8 Å². The van der Waals surface area contributed by atoms with Crippen molar-refractivity contribution in [3.8, 4) is 0 Å². The molecule has 5 heteroatoms. The molecule has 1 amide bonds. The van der Waals surface area contributed by atoms with Gasteiger partial charge in [-0.2, -0.15) is 0 Å². The normalized spacial score (nSPS) is 18.0. The molecule has 0 aromatic heterocycles. The Kier molecular flexibility index (Phi) is 2.56. The molecule has 1 aliphatic rings. The van der Waals surface area contributed by atoms with Crippen LogP contribution < -0.4 is 5.73 Å². The van der Waals surface area contributed by atoms with Gasteiger partial charge in [-0.25, -0.2) is 0 Å². The van der Waals surface area contributed by atoms with Crippen LogP contribution in [0.15, 0.2) is 0 Å². The maximum atomic E-state index is 11.5. The summed E-state index contributed by atoms with van der Waals surface area (Å²) in [5.41, 5.74) is 4.90. The van der Waals surface area contributed by atoms with Gasteiger partial charge in [-0.05, 0) is 19.8 Å². The molecule has 0 aromatic carbocycles. The molecule has 1 aliphatic carbocycles. The van der Waals surface area contributed by atoms with E-state index in [4.69, 9.17) is 10.8 Å². The van der Waals surface area contributed by atoms with Crippen LogP contribution in [0.2, 0.25) is 0 Å². The molecule has 13 heavy (non-hydrogen) atoms. The van der Waals surface area contributed by atoms with E-state index in [-0.39, 0.29) is 12.5 Å². The summed E-state index contributed by atoms with van der Waals surface area (Å²) in [4.78, 5) is 23.2. The van der Waals surface area contributed by atoms with Gasteiger partial charge in [0.1, 0.15) is 6.54 Å². The van der Waals surface area contributed by atoms with Gasteiger partial charge < -0.3 is 15.7 Å². The number of amides is 1. The largest absolute Gasteiger partial charge is 0.480 e. The van der Waals surface area contributed by atoms with Crippen molar-refractivity contribution in [2.24, 2.45) is 5.73 Å². The summed E-state index contributed by atoms with van der Waals surface area (Å²) in [6.07, 6.45) is 1.34. The van der Waals surface area contributed by atoms with Crippen molar-refractivity contribution in [1.29, 1.82) is 0 Å². The summed E-state index contributed by atoms with van der Waals surface area (Å²) in [6, 6.07) is 0. The van der Waals surface area contributed by atoms with Gasteiger partial charge in [0.15, 0.2) is 0 Å². The summed E-state index contributed by atoms with van der Waals surface area (Å²) in [7, 11) is 0. The Morgan fingerprint density at radius 3 is 2.38 bits per heavy atom. The Labute approximate surface area is 76.5 Å². The molecule has 0 bridgehead atoms. The standard InChI is InChI=1S/C8H14N2O3/c1-2-10(5-6(11)12)7(13)8(9)3-4-8/h2-5,9H2,1H3,(H,11,12). The molecule has 5 nitrogen and oxygen atoms in total. The smallest absolute Gasteiger partial charge is 0.323 e. The monoisotopic (exact) mass is 186 g/mol. The molecular formula is C8H14N2O3. The quantitative estimate of drug-likeness (QED) is 0.614. The average Bonchev–Trinajstić information content (AvgIpc) is 2.79. The number of carboxylic acid groups (broad SMARTS) is 1. The van der Waals surface area contributed by atoms with Gasteiger partial charge in [-0.1, -0.05) is 0 Å². The highest BCUT2D eigenvalue weighted by molar-refractivity contribution is 5.91. The highest BCUT2D eigenvalue weighted by Gasteiger charge is 2.48. The summed E-state index contributed by atoms with van der Waals surface area (Å²) < 4.78 is 0. The third-order valence-electron chi connectivity index (χ3n) is 2.21. The van der Waals surface area contributed by atoms with Gasteiger partial charge in [-0.15, -0.1) is 0 Å². The Bertz CT molecular complexity index is 236. The molecular weight excluding hydrogens is 172 g/mol. The number of aliphatic carboxylic acids is 1. The number of rotatable bonds is 4. The van der Waals surface area contributed by atoms with E-state index in [0.29, 0.717) is 19.4 Å². The SMILES string of the molecule is CCN(CC(=O)O)C(=O)C1(N)CC1. The molecule has 0 aliphatic heterocycles. The van der Waals surface area contributed by atoms with E-state index in [1.807, 2.05) is 0 Å². The predicted molar refractivity (Wildman–Crippen MR) is 46.0 cm³/mol. The number of carbonyl (C=O) groups excluding carboxylic acids is 1. The molecule has 0 spiro atoms. The molecule has 0 aromatic rings. The third-order valence-corrected chi connectivity index (χ3v) is 2.21. The number of hydrogen-bond donors (Lipinski definition) is 2. The highest BCUT2D eigenvalue weighted by atomic mass is 16.4. The number of carbonyl (C=O) groups is 2. The van der Waals surface area contributed by atoms with Crippen molar-refractivity contribution in [3.05, 3.63) is 0 Å². The van der Waals surface area contributed by atoms with E-state index in [2.05, 4.69) is 0 Å². The van der Waals surface area contributed by atoms with E-state index >= 15 is 0 Å². The first-order chi connectivity index (χ1) is 5.99. The molecule has 0 atom stereocenters. The number of likely N-dealkylation sites (N-methyl/N-ethyl adjacent to an activating group) is 1. The zero-order valence-corrected chi connectivity index (χ0v) is 7.62. The minimum Gasteiger partial charge on any atom is -0.480 e.